The Kier molecular flexibility index (Phi) is 6.45. The van der Waals surface area contributed by atoms with E-state index in [1.54, 1.807) is 7.11 Å². The van der Waals surface area contributed by atoms with Gasteiger partial charge in [-0.1, -0.05) is 30.3 Å². The lowest BCUT2D eigenvalue weighted by molar-refractivity contribution is -0.135. The van der Waals surface area contributed by atoms with Crippen molar-refractivity contribution in [1.29, 1.82) is 0 Å². The molecule has 1 atom stereocenters. The zero-order valence-electron chi connectivity index (χ0n) is 15.2. The molecule has 0 radical (unpaired) electrons. The first-order chi connectivity index (χ1) is 12.2. The van der Waals surface area contributed by atoms with Crippen molar-refractivity contribution in [2.45, 2.75) is 25.8 Å². The van der Waals surface area contributed by atoms with Crippen LogP contribution < -0.4 is 5.32 Å². The standard InChI is InChI=1S/C20H30N2O3/c1-24-13-14-25-12-11-22(16-17-5-3-2-4-6-17)19(23)18-15-20(18)7-9-21-10-8-20/h2-6,18,21H,7-16H2,1H3. The average molecular weight is 346 g/mol. The van der Waals surface area contributed by atoms with Crippen LogP contribution in [0.2, 0.25) is 0 Å². The van der Waals surface area contributed by atoms with E-state index in [2.05, 4.69) is 17.4 Å². The Balaban J connectivity index is 1.58. The lowest BCUT2D eigenvalue weighted by atomic mass is 9.91. The number of carbonyl (C=O) groups excluding carboxylic acids is 1. The molecule has 1 heterocycles. The maximum Gasteiger partial charge on any atom is 0.226 e. The van der Waals surface area contributed by atoms with Crippen molar-refractivity contribution < 1.29 is 14.3 Å². The molecule has 0 bridgehead atoms. The maximum atomic E-state index is 13.1. The Morgan fingerprint density at radius 2 is 1.96 bits per heavy atom. The molecule has 3 rings (SSSR count). The van der Waals surface area contributed by atoms with E-state index in [0.717, 1.165) is 32.4 Å². The molecule has 1 aliphatic carbocycles. The molecule has 5 heteroatoms. The van der Waals surface area contributed by atoms with Crippen LogP contribution in [0.3, 0.4) is 0 Å². The molecule has 1 aromatic rings. The maximum absolute atomic E-state index is 13.1. The lowest BCUT2D eigenvalue weighted by Gasteiger charge is -2.27. The SMILES string of the molecule is COCCOCCN(Cc1ccccc1)C(=O)C1CC12CCNCC2. The summed E-state index contributed by atoms with van der Waals surface area (Å²) in [5.41, 5.74) is 1.45. The molecule has 1 N–H and O–H groups in total. The van der Waals surface area contributed by atoms with Crippen molar-refractivity contribution in [2.24, 2.45) is 11.3 Å². The Morgan fingerprint density at radius 1 is 1.20 bits per heavy atom. The molecule has 2 aliphatic rings. The summed E-state index contributed by atoms with van der Waals surface area (Å²) in [5.74, 6) is 0.512. The average Bonchev–Trinajstić information content (AvgIpc) is 3.34. The van der Waals surface area contributed by atoms with E-state index in [9.17, 15) is 4.79 Å². The van der Waals surface area contributed by atoms with Crippen molar-refractivity contribution in [3.8, 4) is 0 Å². The number of benzene rings is 1. The molecule has 1 unspecified atom stereocenters. The van der Waals surface area contributed by atoms with Crippen LogP contribution in [0, 0.1) is 11.3 Å². The summed E-state index contributed by atoms with van der Waals surface area (Å²) in [6.07, 6.45) is 3.32. The number of carbonyl (C=O) groups is 1. The van der Waals surface area contributed by atoms with Crippen molar-refractivity contribution >= 4 is 5.91 Å². The third kappa shape index (κ3) is 4.81. The Hall–Kier alpha value is -1.43. The highest BCUT2D eigenvalue weighted by Gasteiger charge is 2.58. The number of hydrogen-bond donors (Lipinski definition) is 1. The smallest absolute Gasteiger partial charge is 0.226 e. The summed E-state index contributed by atoms with van der Waals surface area (Å²) >= 11 is 0. The highest BCUT2D eigenvalue weighted by molar-refractivity contribution is 5.82. The fourth-order valence-corrected chi connectivity index (χ4v) is 3.88. The predicted octanol–water partition coefficient (Wildman–Crippen LogP) is 2.07. The van der Waals surface area contributed by atoms with Gasteiger partial charge in [-0.25, -0.2) is 0 Å². The van der Waals surface area contributed by atoms with Gasteiger partial charge in [-0.15, -0.1) is 0 Å². The summed E-state index contributed by atoms with van der Waals surface area (Å²) in [6.45, 7) is 5.11. The van der Waals surface area contributed by atoms with Crippen molar-refractivity contribution in [3.05, 3.63) is 35.9 Å². The van der Waals surface area contributed by atoms with Crippen LogP contribution >= 0.6 is 0 Å². The van der Waals surface area contributed by atoms with E-state index >= 15 is 0 Å². The van der Waals surface area contributed by atoms with Gasteiger partial charge in [0.15, 0.2) is 0 Å². The lowest BCUT2D eigenvalue weighted by Crippen LogP contribution is -2.38. The van der Waals surface area contributed by atoms with E-state index < -0.39 is 0 Å². The van der Waals surface area contributed by atoms with Crippen LogP contribution in [0.1, 0.15) is 24.8 Å². The molecule has 2 fully saturated rings. The van der Waals surface area contributed by atoms with Crippen molar-refractivity contribution in [1.82, 2.24) is 10.2 Å². The summed E-state index contributed by atoms with van der Waals surface area (Å²) in [6, 6.07) is 10.2. The fourth-order valence-electron chi connectivity index (χ4n) is 3.88. The molecule has 138 valence electrons. The van der Waals surface area contributed by atoms with E-state index in [1.165, 1.54) is 5.56 Å². The van der Waals surface area contributed by atoms with Crippen LogP contribution in [0.5, 0.6) is 0 Å². The molecular formula is C20H30N2O3. The molecular weight excluding hydrogens is 316 g/mol. The third-order valence-electron chi connectivity index (χ3n) is 5.55. The molecule has 1 saturated carbocycles. The second kappa shape index (κ2) is 8.79. The number of rotatable bonds is 9. The number of methoxy groups -OCH3 is 1. The van der Waals surface area contributed by atoms with Gasteiger partial charge in [0.1, 0.15) is 0 Å². The van der Waals surface area contributed by atoms with E-state index in [-0.39, 0.29) is 11.3 Å². The summed E-state index contributed by atoms with van der Waals surface area (Å²) in [5, 5.41) is 3.41. The van der Waals surface area contributed by atoms with Gasteiger partial charge in [0, 0.05) is 26.1 Å². The Bertz CT molecular complexity index is 543. The van der Waals surface area contributed by atoms with Crippen molar-refractivity contribution in [3.63, 3.8) is 0 Å². The monoisotopic (exact) mass is 346 g/mol. The van der Waals surface area contributed by atoms with E-state index in [0.29, 0.717) is 38.8 Å². The van der Waals surface area contributed by atoms with Crippen LogP contribution in [0.4, 0.5) is 0 Å². The quantitative estimate of drug-likeness (QED) is 0.696. The number of hydrogen-bond acceptors (Lipinski definition) is 4. The Morgan fingerprint density at radius 3 is 2.68 bits per heavy atom. The van der Waals surface area contributed by atoms with E-state index in [1.807, 2.05) is 23.1 Å². The highest BCUT2D eigenvalue weighted by Crippen LogP contribution is 2.59. The number of nitrogens with one attached hydrogen (secondary N) is 1. The van der Waals surface area contributed by atoms with Gasteiger partial charge in [-0.05, 0) is 43.3 Å². The first-order valence-electron chi connectivity index (χ1n) is 9.35. The molecule has 5 nitrogen and oxygen atoms in total. The van der Waals surface area contributed by atoms with Crippen LogP contribution in [0.15, 0.2) is 30.3 Å². The molecule has 25 heavy (non-hydrogen) atoms. The minimum atomic E-state index is 0.206. The predicted molar refractivity (Wildman–Crippen MR) is 97.2 cm³/mol. The molecule has 1 aliphatic heterocycles. The first-order valence-corrected chi connectivity index (χ1v) is 9.35. The minimum absolute atomic E-state index is 0.206. The normalized spacial score (nSPS) is 21.2. The second-order valence-electron chi connectivity index (χ2n) is 7.22. The van der Waals surface area contributed by atoms with Crippen LogP contribution in [-0.2, 0) is 20.8 Å². The number of nitrogens with zero attached hydrogens (tertiary/aromatic N) is 1. The highest BCUT2D eigenvalue weighted by atomic mass is 16.5. The number of piperidine rings is 1. The summed E-state index contributed by atoms with van der Waals surface area (Å²) in [7, 11) is 1.67. The van der Waals surface area contributed by atoms with Crippen LogP contribution in [0.25, 0.3) is 0 Å². The molecule has 1 aromatic carbocycles. The third-order valence-corrected chi connectivity index (χ3v) is 5.55. The Labute approximate surface area is 150 Å². The van der Waals surface area contributed by atoms with Crippen LogP contribution in [-0.4, -0.2) is 57.4 Å². The number of ether oxygens (including phenoxy) is 2. The molecule has 0 aromatic heterocycles. The zero-order chi connectivity index (χ0) is 17.5. The van der Waals surface area contributed by atoms with Gasteiger partial charge in [0.25, 0.3) is 0 Å². The number of amides is 1. The van der Waals surface area contributed by atoms with E-state index in [4.69, 9.17) is 9.47 Å². The largest absolute Gasteiger partial charge is 0.382 e. The first kappa shape index (κ1) is 18.4. The fraction of sp³-hybridized carbons (Fsp3) is 0.650. The van der Waals surface area contributed by atoms with Crippen molar-refractivity contribution in [2.75, 3.05) is 46.6 Å². The topological polar surface area (TPSA) is 50.8 Å². The van der Waals surface area contributed by atoms with Gasteiger partial charge in [0.05, 0.1) is 19.8 Å². The van der Waals surface area contributed by atoms with Gasteiger partial charge in [-0.2, -0.15) is 0 Å². The second-order valence-corrected chi connectivity index (χ2v) is 7.22. The van der Waals surface area contributed by atoms with Gasteiger partial charge in [0.2, 0.25) is 5.91 Å². The molecule has 1 spiro atoms. The van der Waals surface area contributed by atoms with Gasteiger partial charge >= 0.3 is 0 Å². The van der Waals surface area contributed by atoms with Gasteiger partial charge in [-0.3, -0.25) is 4.79 Å². The molecule has 1 amide bonds. The zero-order valence-corrected chi connectivity index (χ0v) is 15.2. The summed E-state index contributed by atoms with van der Waals surface area (Å²) in [4.78, 5) is 15.1. The summed E-state index contributed by atoms with van der Waals surface area (Å²) < 4.78 is 10.6. The minimum Gasteiger partial charge on any atom is -0.382 e. The molecule has 1 saturated heterocycles. The van der Waals surface area contributed by atoms with Gasteiger partial charge < -0.3 is 19.7 Å².